The molecule has 3 heterocycles. The van der Waals surface area contributed by atoms with Gasteiger partial charge in [-0.25, -0.2) is 22.9 Å². The lowest BCUT2D eigenvalue weighted by Gasteiger charge is -2.19. The summed E-state index contributed by atoms with van der Waals surface area (Å²) in [5, 5.41) is 7.60. The van der Waals surface area contributed by atoms with Gasteiger partial charge in [-0.3, -0.25) is 4.79 Å². The predicted molar refractivity (Wildman–Crippen MR) is 117 cm³/mol. The fraction of sp³-hybridized carbons (Fsp3) is 0.208. The van der Waals surface area contributed by atoms with E-state index in [1.54, 1.807) is 24.4 Å². The second-order valence-corrected chi connectivity index (χ2v) is 8.44. The van der Waals surface area contributed by atoms with Crippen LogP contribution in [0.1, 0.15) is 23.5 Å². The van der Waals surface area contributed by atoms with Crippen LogP contribution in [0.3, 0.4) is 0 Å². The summed E-state index contributed by atoms with van der Waals surface area (Å²) in [6.45, 7) is 0. The summed E-state index contributed by atoms with van der Waals surface area (Å²) in [5.41, 5.74) is 1.18. The Hall–Kier alpha value is -4.28. The molecule has 1 aliphatic carbocycles. The van der Waals surface area contributed by atoms with Gasteiger partial charge in [0.25, 0.3) is 0 Å². The van der Waals surface area contributed by atoms with Crippen molar-refractivity contribution in [1.82, 2.24) is 10.3 Å². The largest absolute Gasteiger partial charge is 0.487 e. The second-order valence-electron chi connectivity index (χ2n) is 8.44. The van der Waals surface area contributed by atoms with E-state index in [0.29, 0.717) is 35.9 Å². The molecular weight excluding hydrogens is 465 g/mol. The number of pyridine rings is 1. The van der Waals surface area contributed by atoms with Crippen molar-refractivity contribution >= 4 is 23.4 Å². The molecule has 0 saturated heterocycles. The van der Waals surface area contributed by atoms with Crippen LogP contribution in [0.5, 0.6) is 17.2 Å². The quantitative estimate of drug-likeness (QED) is 0.484. The smallest absolute Gasteiger partial charge is 0.319 e. The highest BCUT2D eigenvalue weighted by Crippen LogP contribution is 2.54. The van der Waals surface area contributed by atoms with Crippen molar-refractivity contribution in [1.29, 1.82) is 0 Å². The number of aromatic nitrogens is 1. The fourth-order valence-corrected chi connectivity index (χ4v) is 4.49. The Bertz CT molecular complexity index is 1400. The number of urea groups is 1. The summed E-state index contributed by atoms with van der Waals surface area (Å²) >= 11 is 0. The molecule has 1 fully saturated rings. The minimum atomic E-state index is -1.66. The number of amides is 3. The lowest BCUT2D eigenvalue weighted by Crippen LogP contribution is -2.34. The van der Waals surface area contributed by atoms with Gasteiger partial charge in [0.1, 0.15) is 29.2 Å². The standard InChI is InChI=1S/C24H17F3N4O4/c25-13-3-4-14(20(27)19(13)26)29-24(33)31-21-18-12-9-10(1-5-15(12)35-22(18)21)34-16-7-8-28-23-11(16)2-6-17(32)30-23/h1,3-5,7-9,18,21-22H,2,6H2,(H,28,30,32)(H2,29,31,33)/t18-,21?,22-/m0/s1. The molecule has 11 heteroatoms. The zero-order valence-corrected chi connectivity index (χ0v) is 17.9. The van der Waals surface area contributed by atoms with E-state index in [-0.39, 0.29) is 24.0 Å². The number of carbonyl (C=O) groups is 2. The lowest BCUT2D eigenvalue weighted by molar-refractivity contribution is -0.116. The monoisotopic (exact) mass is 482 g/mol. The Morgan fingerprint density at radius 3 is 2.83 bits per heavy atom. The summed E-state index contributed by atoms with van der Waals surface area (Å²) in [6, 6.07) is 7.62. The molecule has 35 heavy (non-hydrogen) atoms. The van der Waals surface area contributed by atoms with Crippen LogP contribution >= 0.6 is 0 Å². The summed E-state index contributed by atoms with van der Waals surface area (Å²) < 4.78 is 52.3. The number of nitrogens with one attached hydrogen (secondary N) is 3. The van der Waals surface area contributed by atoms with E-state index < -0.39 is 29.2 Å². The number of benzene rings is 2. The van der Waals surface area contributed by atoms with Crippen molar-refractivity contribution in [3.63, 3.8) is 0 Å². The average Bonchev–Trinajstić information content (AvgIpc) is 3.35. The number of rotatable bonds is 4. The molecule has 3 amide bonds. The van der Waals surface area contributed by atoms with Crippen LogP contribution in [0.15, 0.2) is 42.6 Å². The molecule has 0 bridgehead atoms. The number of hydrogen-bond acceptors (Lipinski definition) is 5. The predicted octanol–water partition coefficient (Wildman–Crippen LogP) is 4.22. The van der Waals surface area contributed by atoms with Crippen LogP contribution in [0.4, 0.5) is 29.5 Å². The molecule has 178 valence electrons. The SMILES string of the molecule is O=C1CCc2c(Oc3ccc4c(c3)[C@H]3C(NC(=O)Nc5ccc(F)c(F)c5F)[C@H]3O4)ccnc2N1. The number of ether oxygens (including phenoxy) is 2. The summed E-state index contributed by atoms with van der Waals surface area (Å²) in [7, 11) is 0. The molecule has 1 unspecified atom stereocenters. The zero-order valence-electron chi connectivity index (χ0n) is 17.9. The molecular formula is C24H17F3N4O4. The maximum absolute atomic E-state index is 13.8. The first-order valence-corrected chi connectivity index (χ1v) is 10.9. The van der Waals surface area contributed by atoms with Crippen LogP contribution < -0.4 is 25.4 Å². The molecule has 3 aromatic rings. The zero-order chi connectivity index (χ0) is 24.3. The highest BCUT2D eigenvalue weighted by atomic mass is 19.2. The minimum Gasteiger partial charge on any atom is -0.487 e. The van der Waals surface area contributed by atoms with Gasteiger partial charge in [-0.05, 0) is 42.8 Å². The molecule has 1 saturated carbocycles. The minimum absolute atomic E-state index is 0.0912. The topological polar surface area (TPSA) is 102 Å². The Morgan fingerprint density at radius 2 is 1.97 bits per heavy atom. The van der Waals surface area contributed by atoms with Crippen LogP contribution in [-0.2, 0) is 11.2 Å². The van der Waals surface area contributed by atoms with Gasteiger partial charge in [-0.2, -0.15) is 0 Å². The molecule has 1 aromatic heterocycles. The molecule has 8 nitrogen and oxygen atoms in total. The molecule has 0 radical (unpaired) electrons. The van der Waals surface area contributed by atoms with Gasteiger partial charge >= 0.3 is 6.03 Å². The van der Waals surface area contributed by atoms with Gasteiger partial charge in [0.2, 0.25) is 5.91 Å². The third-order valence-electron chi connectivity index (χ3n) is 6.24. The second kappa shape index (κ2) is 7.90. The van der Waals surface area contributed by atoms with Crippen molar-refractivity contribution in [3.05, 3.63) is 71.2 Å². The number of halogens is 3. The van der Waals surface area contributed by atoms with E-state index in [2.05, 4.69) is 20.9 Å². The Kier molecular flexibility index (Phi) is 4.80. The van der Waals surface area contributed by atoms with Crippen LogP contribution in [0, 0.1) is 17.5 Å². The maximum Gasteiger partial charge on any atom is 0.319 e. The molecule has 6 rings (SSSR count). The van der Waals surface area contributed by atoms with Crippen molar-refractivity contribution in [2.24, 2.45) is 0 Å². The third-order valence-corrected chi connectivity index (χ3v) is 6.24. The lowest BCUT2D eigenvalue weighted by atomic mass is 10.1. The van der Waals surface area contributed by atoms with Crippen molar-refractivity contribution in [3.8, 4) is 17.2 Å². The van der Waals surface area contributed by atoms with E-state index in [9.17, 15) is 22.8 Å². The molecule has 2 aliphatic heterocycles. The number of carbonyl (C=O) groups excluding carboxylic acids is 2. The van der Waals surface area contributed by atoms with E-state index in [1.165, 1.54) is 0 Å². The van der Waals surface area contributed by atoms with Gasteiger partial charge in [-0.1, -0.05) is 0 Å². The van der Waals surface area contributed by atoms with E-state index in [0.717, 1.165) is 23.3 Å². The van der Waals surface area contributed by atoms with Crippen LogP contribution in [0.25, 0.3) is 0 Å². The molecule has 0 spiro atoms. The first kappa shape index (κ1) is 21.3. The highest BCUT2D eigenvalue weighted by molar-refractivity contribution is 5.93. The summed E-state index contributed by atoms with van der Waals surface area (Å²) in [4.78, 5) is 28.1. The number of fused-ring (bicyclic) bond motifs is 4. The Balaban J connectivity index is 1.15. The third kappa shape index (κ3) is 3.69. The fourth-order valence-electron chi connectivity index (χ4n) is 4.49. The van der Waals surface area contributed by atoms with E-state index in [1.807, 2.05) is 6.07 Å². The van der Waals surface area contributed by atoms with Crippen molar-refractivity contribution in [2.75, 3.05) is 10.6 Å². The van der Waals surface area contributed by atoms with Gasteiger partial charge in [0.05, 0.1) is 17.6 Å². The van der Waals surface area contributed by atoms with Gasteiger partial charge in [0, 0.05) is 23.7 Å². The molecule has 3 atom stereocenters. The number of anilines is 2. The van der Waals surface area contributed by atoms with E-state index >= 15 is 0 Å². The molecule has 2 aromatic carbocycles. The summed E-state index contributed by atoms with van der Waals surface area (Å²) in [5.74, 6) is -2.41. The molecule has 3 N–H and O–H groups in total. The van der Waals surface area contributed by atoms with Gasteiger partial charge in [-0.15, -0.1) is 0 Å². The van der Waals surface area contributed by atoms with Crippen molar-refractivity contribution in [2.45, 2.75) is 30.9 Å². The van der Waals surface area contributed by atoms with E-state index in [4.69, 9.17) is 9.47 Å². The van der Waals surface area contributed by atoms with Gasteiger partial charge < -0.3 is 25.4 Å². The summed E-state index contributed by atoms with van der Waals surface area (Å²) in [6.07, 6.45) is 2.12. The Morgan fingerprint density at radius 1 is 1.11 bits per heavy atom. The van der Waals surface area contributed by atoms with Crippen LogP contribution in [-0.4, -0.2) is 29.1 Å². The van der Waals surface area contributed by atoms with Crippen LogP contribution in [0.2, 0.25) is 0 Å². The number of hydrogen-bond donors (Lipinski definition) is 3. The average molecular weight is 482 g/mol. The maximum atomic E-state index is 13.8. The highest BCUT2D eigenvalue weighted by Gasteiger charge is 2.59. The first-order valence-electron chi connectivity index (χ1n) is 10.9. The molecule has 3 aliphatic rings. The van der Waals surface area contributed by atoms with Gasteiger partial charge in [0.15, 0.2) is 17.5 Å². The van der Waals surface area contributed by atoms with Crippen molar-refractivity contribution < 1.29 is 32.2 Å². The number of nitrogens with zero attached hydrogens (tertiary/aromatic N) is 1. The Labute approximate surface area is 196 Å². The normalized spacial score (nSPS) is 21.1. The first-order chi connectivity index (χ1) is 16.9.